The zero-order chi connectivity index (χ0) is 17.9. The summed E-state index contributed by atoms with van der Waals surface area (Å²) in [6.45, 7) is -0.493. The predicted molar refractivity (Wildman–Crippen MR) is 79.9 cm³/mol. The number of nitrogens with one attached hydrogen (secondary N) is 2. The monoisotopic (exact) mass is 364 g/mol. The van der Waals surface area contributed by atoms with Crippen molar-refractivity contribution in [2.24, 2.45) is 0 Å². The maximum Gasteiger partial charge on any atom is 0.417 e. The molecular weight excluding hydrogens is 355 g/mol. The molecule has 0 bridgehead atoms. The Morgan fingerprint density at radius 2 is 1.71 bits per heavy atom. The number of alkyl halides is 3. The van der Waals surface area contributed by atoms with Gasteiger partial charge in [0, 0.05) is 5.69 Å². The fourth-order valence-electron chi connectivity index (χ4n) is 1.84. The Balaban J connectivity index is 2.05. The van der Waals surface area contributed by atoms with Crippen LogP contribution in [0.3, 0.4) is 0 Å². The summed E-state index contributed by atoms with van der Waals surface area (Å²) in [5.74, 6) is -2.76. The second kappa shape index (κ2) is 7.04. The quantitative estimate of drug-likeness (QED) is 0.773. The Morgan fingerprint density at radius 1 is 1.08 bits per heavy atom. The van der Waals surface area contributed by atoms with E-state index in [1.807, 2.05) is 5.32 Å². The van der Waals surface area contributed by atoms with Gasteiger partial charge in [-0.2, -0.15) is 13.2 Å². The van der Waals surface area contributed by atoms with Gasteiger partial charge >= 0.3 is 6.18 Å². The number of anilines is 2. The Hall–Kier alpha value is -2.35. The first kappa shape index (κ1) is 18.0. The molecule has 0 unspecified atom stereocenters. The largest absolute Gasteiger partial charge is 0.417 e. The second-order valence-electron chi connectivity index (χ2n) is 4.69. The summed E-state index contributed by atoms with van der Waals surface area (Å²) in [5.41, 5.74) is -1.71. The minimum Gasteiger partial charge on any atom is -0.376 e. The molecule has 2 aromatic carbocycles. The molecule has 2 rings (SSSR count). The number of para-hydroxylation sites is 1. The van der Waals surface area contributed by atoms with E-state index < -0.39 is 46.5 Å². The molecule has 2 aromatic rings. The number of rotatable bonds is 4. The topological polar surface area (TPSA) is 41.1 Å². The van der Waals surface area contributed by atoms with Crippen molar-refractivity contribution in [3.63, 3.8) is 0 Å². The van der Waals surface area contributed by atoms with Crippen molar-refractivity contribution < 1.29 is 26.7 Å². The van der Waals surface area contributed by atoms with Crippen molar-refractivity contribution in [2.75, 3.05) is 17.2 Å². The van der Waals surface area contributed by atoms with Gasteiger partial charge in [0.2, 0.25) is 5.91 Å². The van der Waals surface area contributed by atoms with Crippen LogP contribution in [-0.4, -0.2) is 12.5 Å². The fraction of sp³-hybridized carbons (Fsp3) is 0.133. The Kier molecular flexibility index (Phi) is 5.28. The SMILES string of the molecule is O=C(CNc1ccc(Cl)c(C(F)(F)F)c1)Nc1c(F)cccc1F. The van der Waals surface area contributed by atoms with Gasteiger partial charge in [0.05, 0.1) is 17.1 Å². The summed E-state index contributed by atoms with van der Waals surface area (Å²) in [5, 5.41) is 3.95. The molecule has 0 aliphatic carbocycles. The van der Waals surface area contributed by atoms with E-state index in [9.17, 15) is 26.7 Å². The highest BCUT2D eigenvalue weighted by Gasteiger charge is 2.33. The molecule has 0 saturated carbocycles. The number of halogens is 6. The van der Waals surface area contributed by atoms with Gasteiger partial charge in [-0.05, 0) is 30.3 Å². The number of carbonyl (C=O) groups excluding carboxylic acids is 1. The lowest BCUT2D eigenvalue weighted by molar-refractivity contribution is -0.137. The first-order chi connectivity index (χ1) is 11.2. The van der Waals surface area contributed by atoms with Gasteiger partial charge in [0.1, 0.15) is 17.3 Å². The molecule has 24 heavy (non-hydrogen) atoms. The van der Waals surface area contributed by atoms with E-state index >= 15 is 0 Å². The van der Waals surface area contributed by atoms with Gasteiger partial charge in [-0.25, -0.2) is 8.78 Å². The first-order valence-corrected chi connectivity index (χ1v) is 6.91. The third-order valence-corrected chi connectivity index (χ3v) is 3.28. The zero-order valence-electron chi connectivity index (χ0n) is 11.8. The van der Waals surface area contributed by atoms with Gasteiger partial charge in [0.15, 0.2) is 0 Å². The maximum absolute atomic E-state index is 13.4. The molecular formula is C15H10ClF5N2O. The molecule has 1 amide bonds. The van der Waals surface area contributed by atoms with Crippen molar-refractivity contribution in [2.45, 2.75) is 6.18 Å². The molecule has 0 radical (unpaired) electrons. The van der Waals surface area contributed by atoms with E-state index in [1.54, 1.807) is 0 Å². The molecule has 0 aliphatic rings. The fourth-order valence-corrected chi connectivity index (χ4v) is 2.06. The lowest BCUT2D eigenvalue weighted by Gasteiger charge is -2.12. The van der Waals surface area contributed by atoms with Crippen LogP contribution in [0.4, 0.5) is 33.3 Å². The van der Waals surface area contributed by atoms with Crippen molar-refractivity contribution >= 4 is 28.9 Å². The van der Waals surface area contributed by atoms with Crippen LogP contribution in [0.2, 0.25) is 5.02 Å². The minimum atomic E-state index is -4.65. The van der Waals surface area contributed by atoms with Crippen LogP contribution in [0.1, 0.15) is 5.56 Å². The zero-order valence-corrected chi connectivity index (χ0v) is 12.6. The van der Waals surface area contributed by atoms with Gasteiger partial charge in [-0.1, -0.05) is 17.7 Å². The van der Waals surface area contributed by atoms with E-state index in [4.69, 9.17) is 11.6 Å². The Bertz CT molecular complexity index is 744. The highest BCUT2D eigenvalue weighted by atomic mass is 35.5. The normalized spacial score (nSPS) is 11.2. The molecule has 128 valence electrons. The van der Waals surface area contributed by atoms with Crippen LogP contribution in [0.15, 0.2) is 36.4 Å². The third-order valence-electron chi connectivity index (χ3n) is 2.95. The van der Waals surface area contributed by atoms with Crippen molar-refractivity contribution in [3.05, 3.63) is 58.6 Å². The Morgan fingerprint density at radius 3 is 2.29 bits per heavy atom. The van der Waals surface area contributed by atoms with Crippen LogP contribution in [0, 0.1) is 11.6 Å². The second-order valence-corrected chi connectivity index (χ2v) is 5.10. The van der Waals surface area contributed by atoms with E-state index in [2.05, 4.69) is 5.32 Å². The smallest absolute Gasteiger partial charge is 0.376 e. The molecule has 0 fully saturated rings. The molecule has 0 aromatic heterocycles. The van der Waals surface area contributed by atoms with Crippen molar-refractivity contribution in [3.8, 4) is 0 Å². The molecule has 0 heterocycles. The van der Waals surface area contributed by atoms with Gasteiger partial charge in [-0.3, -0.25) is 4.79 Å². The highest BCUT2D eigenvalue weighted by Crippen LogP contribution is 2.36. The van der Waals surface area contributed by atoms with Gasteiger partial charge < -0.3 is 10.6 Å². The molecule has 3 nitrogen and oxygen atoms in total. The van der Waals surface area contributed by atoms with Crippen LogP contribution in [0.5, 0.6) is 0 Å². The third kappa shape index (κ3) is 4.35. The number of hydrogen-bond donors (Lipinski definition) is 2. The van der Waals surface area contributed by atoms with Crippen LogP contribution < -0.4 is 10.6 Å². The molecule has 0 spiro atoms. The average molecular weight is 365 g/mol. The molecule has 9 heteroatoms. The van der Waals surface area contributed by atoms with Crippen molar-refractivity contribution in [1.29, 1.82) is 0 Å². The van der Waals surface area contributed by atoms with Crippen LogP contribution in [-0.2, 0) is 11.0 Å². The summed E-state index contributed by atoms with van der Waals surface area (Å²) in [7, 11) is 0. The standard InChI is InChI=1S/C15H10ClF5N2O/c16-10-5-4-8(6-9(10)15(19,20)21)22-7-13(24)23-14-11(17)2-1-3-12(14)18/h1-6,22H,7H2,(H,23,24). The van der Waals surface area contributed by atoms with Crippen molar-refractivity contribution in [1.82, 2.24) is 0 Å². The van der Waals surface area contributed by atoms with Gasteiger partial charge in [-0.15, -0.1) is 0 Å². The number of hydrogen-bond acceptors (Lipinski definition) is 2. The minimum absolute atomic E-state index is 0.0177. The first-order valence-electron chi connectivity index (χ1n) is 6.53. The van der Waals surface area contributed by atoms with E-state index in [0.29, 0.717) is 0 Å². The van der Waals surface area contributed by atoms with E-state index in [0.717, 1.165) is 30.3 Å². The van der Waals surface area contributed by atoms with Gasteiger partial charge in [0.25, 0.3) is 0 Å². The predicted octanol–water partition coefficient (Wildman–Crippen LogP) is 4.69. The summed E-state index contributed by atoms with van der Waals surface area (Å²) in [6, 6.07) is 6.06. The number of carbonyl (C=O) groups is 1. The number of amides is 1. The van der Waals surface area contributed by atoms with Crippen LogP contribution >= 0.6 is 11.6 Å². The van der Waals surface area contributed by atoms with E-state index in [1.165, 1.54) is 6.07 Å². The van der Waals surface area contributed by atoms with E-state index in [-0.39, 0.29) is 5.69 Å². The highest BCUT2D eigenvalue weighted by molar-refractivity contribution is 6.31. The summed E-state index contributed by atoms with van der Waals surface area (Å²) in [6.07, 6.45) is -4.65. The summed E-state index contributed by atoms with van der Waals surface area (Å²) >= 11 is 5.48. The average Bonchev–Trinajstić information content (AvgIpc) is 2.49. The summed E-state index contributed by atoms with van der Waals surface area (Å²) < 4.78 is 65.0. The van der Waals surface area contributed by atoms with Crippen LogP contribution in [0.25, 0.3) is 0 Å². The Labute approximate surface area is 138 Å². The molecule has 0 atom stereocenters. The molecule has 0 saturated heterocycles. The molecule has 0 aliphatic heterocycles. The lowest BCUT2D eigenvalue weighted by Crippen LogP contribution is -2.23. The molecule has 2 N–H and O–H groups in total. The lowest BCUT2D eigenvalue weighted by atomic mass is 10.2. The number of benzene rings is 2. The maximum atomic E-state index is 13.4. The summed E-state index contributed by atoms with van der Waals surface area (Å²) in [4.78, 5) is 11.7.